The summed E-state index contributed by atoms with van der Waals surface area (Å²) in [7, 11) is 0. The summed E-state index contributed by atoms with van der Waals surface area (Å²) in [6, 6.07) is 14.3. The van der Waals surface area contributed by atoms with E-state index in [-0.39, 0.29) is 36.3 Å². The maximum absolute atomic E-state index is 14.0. The van der Waals surface area contributed by atoms with Crippen molar-refractivity contribution < 1.29 is 18.8 Å². The van der Waals surface area contributed by atoms with Gasteiger partial charge in [0.15, 0.2) is 5.78 Å². The minimum atomic E-state index is -0.518. The van der Waals surface area contributed by atoms with Crippen molar-refractivity contribution in [1.82, 2.24) is 10.2 Å². The Morgan fingerprint density at radius 2 is 1.74 bits per heavy atom. The number of carbonyl (C=O) groups excluding carboxylic acids is 3. The molecule has 1 N–H and O–H groups in total. The number of Topliss-reactive ketones (excluding diaryl/α,β-unsaturated/α-hetero) is 1. The van der Waals surface area contributed by atoms with Crippen LogP contribution < -0.4 is 10.2 Å². The maximum Gasteiger partial charge on any atom is 0.230 e. The Morgan fingerprint density at radius 3 is 2.39 bits per heavy atom. The Morgan fingerprint density at radius 1 is 1.03 bits per heavy atom. The average Bonchev–Trinajstić information content (AvgIpc) is 2.78. The Labute approximate surface area is 185 Å². The average molecular weight is 444 g/mol. The van der Waals surface area contributed by atoms with E-state index < -0.39 is 5.82 Å². The molecule has 0 saturated carbocycles. The molecular weight excluding hydrogens is 417 g/mol. The molecule has 2 aromatic carbocycles. The number of hydrogen-bond acceptors (Lipinski definition) is 5. The van der Waals surface area contributed by atoms with Crippen molar-refractivity contribution in [2.75, 3.05) is 43.4 Å². The lowest BCUT2D eigenvalue weighted by molar-refractivity contribution is -0.131. The smallest absolute Gasteiger partial charge is 0.230 e. The Balaban J connectivity index is 1.35. The van der Waals surface area contributed by atoms with Crippen LogP contribution in [0.2, 0.25) is 0 Å². The molecule has 1 saturated heterocycles. The Hall–Kier alpha value is -2.87. The molecule has 8 heteroatoms. The van der Waals surface area contributed by atoms with Crippen molar-refractivity contribution in [2.24, 2.45) is 0 Å². The van der Waals surface area contributed by atoms with Crippen LogP contribution in [0.5, 0.6) is 0 Å². The van der Waals surface area contributed by atoms with Gasteiger partial charge in [0.1, 0.15) is 5.82 Å². The van der Waals surface area contributed by atoms with E-state index in [1.165, 1.54) is 19.1 Å². The zero-order valence-corrected chi connectivity index (χ0v) is 18.3. The van der Waals surface area contributed by atoms with Crippen molar-refractivity contribution in [3.05, 3.63) is 59.9 Å². The highest BCUT2D eigenvalue weighted by atomic mass is 32.2. The van der Waals surface area contributed by atoms with E-state index in [1.54, 1.807) is 6.07 Å². The number of carbonyl (C=O) groups is 3. The molecule has 0 bridgehead atoms. The number of para-hydroxylation sites is 1. The highest BCUT2D eigenvalue weighted by molar-refractivity contribution is 8.00. The van der Waals surface area contributed by atoms with Crippen LogP contribution in [0.15, 0.2) is 53.4 Å². The molecule has 3 rings (SSSR count). The second-order valence-corrected chi connectivity index (χ2v) is 8.31. The fraction of sp³-hybridized carbons (Fsp3) is 0.348. The molecule has 0 aliphatic carbocycles. The van der Waals surface area contributed by atoms with Gasteiger partial charge in [-0.25, -0.2) is 4.39 Å². The molecule has 0 unspecified atom stereocenters. The molecule has 31 heavy (non-hydrogen) atoms. The zero-order valence-electron chi connectivity index (χ0n) is 17.5. The summed E-state index contributed by atoms with van der Waals surface area (Å²) in [5.74, 6) is -0.928. The van der Waals surface area contributed by atoms with E-state index in [0.717, 1.165) is 30.5 Å². The highest BCUT2D eigenvalue weighted by Gasteiger charge is 2.21. The van der Waals surface area contributed by atoms with Crippen LogP contribution in [0.1, 0.15) is 23.7 Å². The van der Waals surface area contributed by atoms with Crippen LogP contribution >= 0.6 is 11.8 Å². The number of hydrogen-bond donors (Lipinski definition) is 1. The van der Waals surface area contributed by atoms with Gasteiger partial charge in [0.25, 0.3) is 0 Å². The van der Waals surface area contributed by atoms with E-state index in [0.29, 0.717) is 23.5 Å². The summed E-state index contributed by atoms with van der Waals surface area (Å²) in [5.41, 5.74) is 1.46. The molecule has 1 heterocycles. The number of benzene rings is 2. The lowest BCUT2D eigenvalue weighted by Gasteiger charge is -2.36. The molecule has 0 aromatic heterocycles. The number of nitrogens with zero attached hydrogens (tertiary/aromatic N) is 2. The summed E-state index contributed by atoms with van der Waals surface area (Å²) in [5, 5.41) is 2.71. The normalized spacial score (nSPS) is 13.7. The summed E-state index contributed by atoms with van der Waals surface area (Å²) in [4.78, 5) is 40.1. The third-order valence-corrected chi connectivity index (χ3v) is 6.16. The van der Waals surface area contributed by atoms with Crippen molar-refractivity contribution >= 4 is 35.0 Å². The van der Waals surface area contributed by atoms with E-state index in [4.69, 9.17) is 0 Å². The lowest BCUT2D eigenvalue weighted by Crippen LogP contribution is -2.49. The van der Waals surface area contributed by atoms with Gasteiger partial charge < -0.3 is 15.1 Å². The molecule has 1 aliphatic heterocycles. The third kappa shape index (κ3) is 6.55. The molecule has 2 amide bonds. The molecule has 164 valence electrons. The predicted octanol–water partition coefficient (Wildman–Crippen LogP) is 2.98. The van der Waals surface area contributed by atoms with Gasteiger partial charge in [-0.3, -0.25) is 14.4 Å². The van der Waals surface area contributed by atoms with E-state index in [1.807, 2.05) is 23.1 Å². The van der Waals surface area contributed by atoms with Crippen LogP contribution in [0, 0.1) is 5.82 Å². The quantitative estimate of drug-likeness (QED) is 0.502. The molecule has 0 spiro atoms. The first-order valence-corrected chi connectivity index (χ1v) is 11.2. The number of nitrogens with one attached hydrogen (secondary N) is 1. The van der Waals surface area contributed by atoms with Gasteiger partial charge in [0, 0.05) is 55.3 Å². The van der Waals surface area contributed by atoms with Crippen LogP contribution in [0.3, 0.4) is 0 Å². The molecule has 1 aliphatic rings. The second kappa shape index (κ2) is 10.9. The topological polar surface area (TPSA) is 69.7 Å². The third-order valence-electron chi connectivity index (χ3n) is 5.11. The number of piperazine rings is 1. The second-order valence-electron chi connectivity index (χ2n) is 7.29. The largest absolute Gasteiger partial charge is 0.368 e. The summed E-state index contributed by atoms with van der Waals surface area (Å²) in [6.07, 6.45) is 0.239. The SMILES string of the molecule is CC(=O)c1ccc(SCC(=O)NCCC(=O)N2CCN(c3ccccc3)CC2)c(F)c1. The maximum atomic E-state index is 14.0. The lowest BCUT2D eigenvalue weighted by atomic mass is 10.1. The molecule has 0 radical (unpaired) electrons. The molecule has 2 aromatic rings. The van der Waals surface area contributed by atoms with Gasteiger partial charge in [0.2, 0.25) is 11.8 Å². The predicted molar refractivity (Wildman–Crippen MR) is 120 cm³/mol. The minimum absolute atomic E-state index is 0.0199. The first-order chi connectivity index (χ1) is 14.9. The van der Waals surface area contributed by atoms with Gasteiger partial charge in [-0.15, -0.1) is 11.8 Å². The standard InChI is InChI=1S/C23H26FN3O3S/c1-17(28)18-7-8-21(20(24)15-18)31-16-22(29)25-10-9-23(30)27-13-11-26(12-14-27)19-5-3-2-4-6-19/h2-8,15H,9-14,16H2,1H3,(H,25,29). The molecule has 0 atom stereocenters. The van der Waals surface area contributed by atoms with Crippen LogP contribution in [-0.4, -0.2) is 61.0 Å². The van der Waals surface area contributed by atoms with E-state index >= 15 is 0 Å². The highest BCUT2D eigenvalue weighted by Crippen LogP contribution is 2.22. The first kappa shape index (κ1) is 22.8. The minimum Gasteiger partial charge on any atom is -0.368 e. The van der Waals surface area contributed by atoms with Crippen molar-refractivity contribution in [2.45, 2.75) is 18.2 Å². The fourth-order valence-electron chi connectivity index (χ4n) is 3.35. The van der Waals surface area contributed by atoms with Gasteiger partial charge in [0.05, 0.1) is 5.75 Å². The van der Waals surface area contributed by atoms with Gasteiger partial charge in [-0.2, -0.15) is 0 Å². The van der Waals surface area contributed by atoms with Crippen molar-refractivity contribution in [3.63, 3.8) is 0 Å². The zero-order chi connectivity index (χ0) is 22.2. The van der Waals surface area contributed by atoms with E-state index in [9.17, 15) is 18.8 Å². The number of amides is 2. The molecular formula is C23H26FN3O3S. The van der Waals surface area contributed by atoms with Gasteiger partial charge in [-0.05, 0) is 31.2 Å². The monoisotopic (exact) mass is 443 g/mol. The van der Waals surface area contributed by atoms with Crippen LogP contribution in [0.25, 0.3) is 0 Å². The van der Waals surface area contributed by atoms with Crippen molar-refractivity contribution in [1.29, 1.82) is 0 Å². The summed E-state index contributed by atoms with van der Waals surface area (Å²) < 4.78 is 14.0. The van der Waals surface area contributed by atoms with Gasteiger partial charge >= 0.3 is 0 Å². The van der Waals surface area contributed by atoms with Crippen LogP contribution in [0.4, 0.5) is 10.1 Å². The first-order valence-electron chi connectivity index (χ1n) is 10.2. The van der Waals surface area contributed by atoms with Crippen LogP contribution in [-0.2, 0) is 9.59 Å². The van der Waals surface area contributed by atoms with Crippen molar-refractivity contribution in [3.8, 4) is 0 Å². The fourth-order valence-corrected chi connectivity index (χ4v) is 4.10. The number of anilines is 1. The molecule has 6 nitrogen and oxygen atoms in total. The van der Waals surface area contributed by atoms with Gasteiger partial charge in [-0.1, -0.05) is 24.3 Å². The Bertz CT molecular complexity index is 931. The molecule has 1 fully saturated rings. The number of halogens is 1. The summed E-state index contributed by atoms with van der Waals surface area (Å²) >= 11 is 1.06. The summed E-state index contributed by atoms with van der Waals surface area (Å²) in [6.45, 7) is 4.52. The number of thioether (sulfide) groups is 1. The number of ketones is 1. The number of rotatable bonds is 8. The Kier molecular flexibility index (Phi) is 8.06. The van der Waals surface area contributed by atoms with E-state index in [2.05, 4.69) is 22.3 Å².